The van der Waals surface area contributed by atoms with E-state index in [4.69, 9.17) is 9.47 Å². The molecule has 0 aromatic rings. The topological polar surface area (TPSA) is 35.5 Å². The highest BCUT2D eigenvalue weighted by atomic mass is 16.5. The molecule has 4 atom stereocenters. The minimum atomic E-state index is -0.106. The summed E-state index contributed by atoms with van der Waals surface area (Å²) in [5.41, 5.74) is 1.07. The second kappa shape index (κ2) is 6.08. The number of ether oxygens (including phenoxy) is 2. The Morgan fingerprint density at radius 3 is 2.79 bits per heavy atom. The summed E-state index contributed by atoms with van der Waals surface area (Å²) in [4.78, 5) is 12.1. The van der Waals surface area contributed by atoms with Crippen molar-refractivity contribution in [2.24, 2.45) is 23.7 Å². The monoisotopic (exact) mass is 266 g/mol. The van der Waals surface area contributed by atoms with Gasteiger partial charge in [-0.05, 0) is 36.2 Å². The number of esters is 1. The molecule has 0 N–H and O–H groups in total. The maximum absolute atomic E-state index is 12.1. The van der Waals surface area contributed by atoms with Crippen molar-refractivity contribution >= 4 is 5.97 Å². The Hall–Kier alpha value is -0.830. The predicted octanol–water partition coefficient (Wildman–Crippen LogP) is 3.19. The second-order valence-electron chi connectivity index (χ2n) is 6.45. The summed E-state index contributed by atoms with van der Waals surface area (Å²) < 4.78 is 10.8. The van der Waals surface area contributed by atoms with Crippen LogP contribution in [0.5, 0.6) is 0 Å². The molecule has 19 heavy (non-hydrogen) atoms. The van der Waals surface area contributed by atoms with E-state index in [2.05, 4.69) is 20.8 Å². The lowest BCUT2D eigenvalue weighted by Crippen LogP contribution is -2.36. The van der Waals surface area contributed by atoms with Gasteiger partial charge >= 0.3 is 5.97 Å². The fraction of sp³-hybridized carbons (Fsp3) is 0.812. The van der Waals surface area contributed by atoms with Gasteiger partial charge in [0.25, 0.3) is 0 Å². The molecule has 0 aliphatic heterocycles. The molecule has 0 spiro atoms. The summed E-state index contributed by atoms with van der Waals surface area (Å²) in [5.74, 6) is 1.58. The van der Waals surface area contributed by atoms with Crippen LogP contribution in [-0.4, -0.2) is 25.8 Å². The molecule has 2 aliphatic carbocycles. The van der Waals surface area contributed by atoms with E-state index in [-0.39, 0.29) is 18.0 Å². The van der Waals surface area contributed by atoms with E-state index in [9.17, 15) is 4.79 Å². The predicted molar refractivity (Wildman–Crippen MR) is 74.7 cm³/mol. The molecule has 0 bridgehead atoms. The highest BCUT2D eigenvalue weighted by molar-refractivity contribution is 5.83. The van der Waals surface area contributed by atoms with E-state index in [1.165, 1.54) is 12.8 Å². The number of hydrogen-bond acceptors (Lipinski definition) is 3. The third-order valence-corrected chi connectivity index (χ3v) is 4.46. The van der Waals surface area contributed by atoms with Crippen LogP contribution < -0.4 is 0 Å². The molecule has 0 aromatic carbocycles. The van der Waals surface area contributed by atoms with Gasteiger partial charge in [-0.25, -0.2) is 0 Å². The molecule has 0 aromatic heterocycles. The van der Waals surface area contributed by atoms with Gasteiger partial charge in [0, 0.05) is 7.11 Å². The summed E-state index contributed by atoms with van der Waals surface area (Å²) in [5, 5.41) is 0. The van der Waals surface area contributed by atoms with E-state index in [1.54, 1.807) is 7.11 Å². The molecule has 0 amide bonds. The average Bonchev–Trinajstić information content (AvgIpc) is 3.08. The molecule has 2 rings (SSSR count). The number of carbonyl (C=O) groups is 1. The zero-order valence-corrected chi connectivity index (χ0v) is 12.5. The molecule has 1 saturated carbocycles. The van der Waals surface area contributed by atoms with Gasteiger partial charge < -0.3 is 9.47 Å². The fourth-order valence-corrected chi connectivity index (χ4v) is 3.16. The molecule has 2 aliphatic rings. The van der Waals surface area contributed by atoms with Crippen LogP contribution in [0.15, 0.2) is 11.6 Å². The molecule has 3 heteroatoms. The van der Waals surface area contributed by atoms with Crippen molar-refractivity contribution in [1.82, 2.24) is 0 Å². The maximum Gasteiger partial charge on any atom is 0.317 e. The van der Waals surface area contributed by atoms with Crippen molar-refractivity contribution in [3.8, 4) is 0 Å². The number of hydrogen-bond donors (Lipinski definition) is 0. The van der Waals surface area contributed by atoms with E-state index in [0.29, 0.717) is 24.4 Å². The quantitative estimate of drug-likeness (QED) is 0.566. The molecule has 1 fully saturated rings. The molecule has 0 radical (unpaired) electrons. The largest absolute Gasteiger partial charge is 0.461 e. The van der Waals surface area contributed by atoms with Gasteiger partial charge in [-0.1, -0.05) is 33.3 Å². The Morgan fingerprint density at radius 2 is 2.16 bits per heavy atom. The van der Waals surface area contributed by atoms with Crippen molar-refractivity contribution in [2.75, 3.05) is 13.7 Å². The molecular weight excluding hydrogens is 240 g/mol. The first-order valence-corrected chi connectivity index (χ1v) is 7.43. The van der Waals surface area contributed by atoms with E-state index < -0.39 is 0 Å². The van der Waals surface area contributed by atoms with Crippen LogP contribution in [0.25, 0.3) is 0 Å². The smallest absolute Gasteiger partial charge is 0.317 e. The Balaban J connectivity index is 1.87. The van der Waals surface area contributed by atoms with Crippen molar-refractivity contribution in [3.63, 3.8) is 0 Å². The van der Waals surface area contributed by atoms with Crippen LogP contribution in [0.4, 0.5) is 0 Å². The van der Waals surface area contributed by atoms with Gasteiger partial charge in [0.2, 0.25) is 0 Å². The fourth-order valence-electron chi connectivity index (χ4n) is 3.16. The van der Waals surface area contributed by atoms with Crippen molar-refractivity contribution in [2.45, 2.75) is 46.1 Å². The summed E-state index contributed by atoms with van der Waals surface area (Å²) in [7, 11) is 1.65. The van der Waals surface area contributed by atoms with Gasteiger partial charge in [0.05, 0.1) is 12.5 Å². The zero-order valence-electron chi connectivity index (χ0n) is 12.5. The number of rotatable bonds is 5. The molecular formula is C16H26O3. The Morgan fingerprint density at radius 1 is 1.42 bits per heavy atom. The van der Waals surface area contributed by atoms with Gasteiger partial charge in [-0.15, -0.1) is 0 Å². The Bertz CT molecular complexity index is 359. The first kappa shape index (κ1) is 14.6. The minimum Gasteiger partial charge on any atom is -0.461 e. The van der Waals surface area contributed by atoms with Crippen molar-refractivity contribution in [1.29, 1.82) is 0 Å². The van der Waals surface area contributed by atoms with E-state index in [1.807, 2.05) is 6.08 Å². The Kier molecular flexibility index (Phi) is 4.67. The summed E-state index contributed by atoms with van der Waals surface area (Å²) >= 11 is 0. The molecule has 108 valence electrons. The lowest BCUT2D eigenvalue weighted by Gasteiger charge is -2.36. The molecule has 3 nitrogen and oxygen atoms in total. The van der Waals surface area contributed by atoms with E-state index in [0.717, 1.165) is 12.0 Å². The lowest BCUT2D eigenvalue weighted by atomic mass is 9.75. The van der Waals surface area contributed by atoms with Crippen LogP contribution in [0.1, 0.15) is 40.0 Å². The standard InChI is InChI=1S/C16H26O3/c1-10(2)13-6-5-11(3)7-15(13)19-16(17)14-8-12(14)9-18-4/h8,10-11,13-15H,5-7,9H2,1-4H3/t11-,13+,14+,15-/m1/s1. The average molecular weight is 266 g/mol. The number of carbonyl (C=O) groups excluding carboxylic acids is 1. The van der Waals surface area contributed by atoms with Gasteiger partial charge in [0.15, 0.2) is 0 Å². The van der Waals surface area contributed by atoms with Crippen LogP contribution in [0.2, 0.25) is 0 Å². The third-order valence-electron chi connectivity index (χ3n) is 4.46. The second-order valence-corrected chi connectivity index (χ2v) is 6.45. The van der Waals surface area contributed by atoms with Crippen molar-refractivity contribution in [3.05, 3.63) is 11.6 Å². The summed E-state index contributed by atoms with van der Waals surface area (Å²) in [6.45, 7) is 7.26. The highest BCUT2D eigenvalue weighted by Gasteiger charge is 2.38. The first-order valence-electron chi connectivity index (χ1n) is 7.43. The molecule has 0 heterocycles. The highest BCUT2D eigenvalue weighted by Crippen LogP contribution is 2.37. The van der Waals surface area contributed by atoms with Gasteiger partial charge in [0.1, 0.15) is 6.10 Å². The summed E-state index contributed by atoms with van der Waals surface area (Å²) in [6.07, 6.45) is 5.51. The van der Waals surface area contributed by atoms with Gasteiger partial charge in [-0.2, -0.15) is 0 Å². The minimum absolute atomic E-state index is 0.0724. The SMILES string of the molecule is COCC1=C[C@@H]1C(=O)O[C@@H]1C[C@H](C)CC[C@H]1C(C)C. The number of methoxy groups -OCH3 is 1. The van der Waals surface area contributed by atoms with Crippen LogP contribution >= 0.6 is 0 Å². The zero-order chi connectivity index (χ0) is 14.0. The normalized spacial score (nSPS) is 34.1. The molecule has 0 unspecified atom stereocenters. The van der Waals surface area contributed by atoms with Crippen molar-refractivity contribution < 1.29 is 14.3 Å². The molecule has 0 saturated heterocycles. The van der Waals surface area contributed by atoms with E-state index >= 15 is 0 Å². The lowest BCUT2D eigenvalue weighted by molar-refractivity contribution is -0.157. The first-order chi connectivity index (χ1) is 9.02. The van der Waals surface area contributed by atoms with Crippen LogP contribution in [0.3, 0.4) is 0 Å². The van der Waals surface area contributed by atoms with Gasteiger partial charge in [-0.3, -0.25) is 4.79 Å². The van der Waals surface area contributed by atoms with Crippen LogP contribution in [0, 0.1) is 23.7 Å². The third kappa shape index (κ3) is 3.59. The maximum atomic E-state index is 12.1. The summed E-state index contributed by atoms with van der Waals surface area (Å²) in [6, 6.07) is 0. The Labute approximate surface area is 116 Å². The van der Waals surface area contributed by atoms with Crippen LogP contribution in [-0.2, 0) is 14.3 Å².